The zero-order valence-electron chi connectivity index (χ0n) is 13.1. The summed E-state index contributed by atoms with van der Waals surface area (Å²) in [4.78, 5) is 16.6. The van der Waals surface area contributed by atoms with Crippen LogP contribution in [0, 0.1) is 18.3 Å². The molecule has 0 atom stereocenters. The molecule has 0 saturated heterocycles. The second-order valence-electron chi connectivity index (χ2n) is 5.99. The van der Waals surface area contributed by atoms with E-state index < -0.39 is 0 Å². The summed E-state index contributed by atoms with van der Waals surface area (Å²) in [5.41, 5.74) is 2.52. The molecule has 1 aromatic heterocycles. The standard InChI is InChI=1S/C18H19N3OS/c1-12-6-7-13-9-14(10-19)18(21-16(13)8-12)23-11-17(22)20-15-4-2-3-5-15/h6-9,15H,2-5,11H2,1H3,(H,20,22). The van der Waals surface area contributed by atoms with Gasteiger partial charge in [-0.3, -0.25) is 4.79 Å². The van der Waals surface area contributed by atoms with Crippen LogP contribution in [0.25, 0.3) is 10.9 Å². The Morgan fingerprint density at radius 1 is 1.39 bits per heavy atom. The van der Waals surface area contributed by atoms with Gasteiger partial charge in [0.2, 0.25) is 5.91 Å². The van der Waals surface area contributed by atoms with Gasteiger partial charge >= 0.3 is 0 Å². The zero-order chi connectivity index (χ0) is 16.2. The van der Waals surface area contributed by atoms with E-state index in [0.29, 0.717) is 22.4 Å². The van der Waals surface area contributed by atoms with Gasteiger partial charge in [-0.15, -0.1) is 0 Å². The third-order valence-electron chi connectivity index (χ3n) is 4.12. The summed E-state index contributed by atoms with van der Waals surface area (Å²) < 4.78 is 0. The molecule has 1 fully saturated rings. The normalized spacial score (nSPS) is 14.8. The number of fused-ring (bicyclic) bond motifs is 1. The molecule has 0 bridgehead atoms. The second-order valence-corrected chi connectivity index (χ2v) is 6.95. The number of hydrogen-bond acceptors (Lipinski definition) is 4. The van der Waals surface area contributed by atoms with Crippen LogP contribution in [0.1, 0.15) is 36.8 Å². The predicted octanol–water partition coefficient (Wildman–Crippen LogP) is 3.57. The first-order valence-corrected chi connectivity index (χ1v) is 8.88. The molecule has 2 aromatic rings. The molecule has 4 nitrogen and oxygen atoms in total. The van der Waals surface area contributed by atoms with Crippen LogP contribution in [0.4, 0.5) is 0 Å². The molecule has 1 heterocycles. The van der Waals surface area contributed by atoms with Crippen molar-refractivity contribution < 1.29 is 4.79 Å². The maximum atomic E-state index is 12.0. The van der Waals surface area contributed by atoms with Gasteiger partial charge in [0.05, 0.1) is 16.8 Å². The Morgan fingerprint density at radius 2 is 2.17 bits per heavy atom. The van der Waals surface area contributed by atoms with Gasteiger partial charge in [0.15, 0.2) is 0 Å². The number of aromatic nitrogens is 1. The van der Waals surface area contributed by atoms with Gasteiger partial charge in [0, 0.05) is 11.4 Å². The molecule has 1 amide bonds. The lowest BCUT2D eigenvalue weighted by Gasteiger charge is -2.11. The topological polar surface area (TPSA) is 65.8 Å². The molecule has 1 N–H and O–H groups in total. The number of pyridine rings is 1. The van der Waals surface area contributed by atoms with E-state index in [4.69, 9.17) is 0 Å². The second kappa shape index (κ2) is 7.01. The minimum Gasteiger partial charge on any atom is -0.353 e. The first kappa shape index (κ1) is 15.8. The summed E-state index contributed by atoms with van der Waals surface area (Å²) >= 11 is 1.34. The average molecular weight is 325 g/mol. The van der Waals surface area contributed by atoms with Crippen molar-refractivity contribution >= 4 is 28.6 Å². The van der Waals surface area contributed by atoms with Crippen LogP contribution in [0.15, 0.2) is 29.3 Å². The molecule has 23 heavy (non-hydrogen) atoms. The summed E-state index contributed by atoms with van der Waals surface area (Å²) in [6.45, 7) is 2.02. The van der Waals surface area contributed by atoms with Crippen molar-refractivity contribution in [1.82, 2.24) is 10.3 Å². The lowest BCUT2D eigenvalue weighted by atomic mass is 10.1. The van der Waals surface area contributed by atoms with E-state index in [2.05, 4.69) is 16.4 Å². The third kappa shape index (κ3) is 3.83. The highest BCUT2D eigenvalue weighted by atomic mass is 32.2. The Kier molecular flexibility index (Phi) is 4.82. The molecule has 1 aromatic carbocycles. The summed E-state index contributed by atoms with van der Waals surface area (Å²) in [6, 6.07) is 10.3. The van der Waals surface area contributed by atoms with Crippen molar-refractivity contribution in [3.8, 4) is 6.07 Å². The van der Waals surface area contributed by atoms with Gasteiger partial charge in [0.25, 0.3) is 0 Å². The Labute approximate surface area is 140 Å². The van der Waals surface area contributed by atoms with Gasteiger partial charge in [0.1, 0.15) is 11.1 Å². The predicted molar refractivity (Wildman–Crippen MR) is 92.3 cm³/mol. The van der Waals surface area contributed by atoms with Crippen molar-refractivity contribution in [2.45, 2.75) is 43.7 Å². The number of thioether (sulfide) groups is 1. The molecule has 0 unspecified atom stereocenters. The van der Waals surface area contributed by atoms with Crippen LogP contribution in [0.2, 0.25) is 0 Å². The number of benzene rings is 1. The monoisotopic (exact) mass is 325 g/mol. The maximum Gasteiger partial charge on any atom is 0.230 e. The van der Waals surface area contributed by atoms with Gasteiger partial charge in [-0.1, -0.05) is 36.7 Å². The van der Waals surface area contributed by atoms with Crippen LogP contribution in [-0.4, -0.2) is 22.7 Å². The SMILES string of the molecule is Cc1ccc2cc(C#N)c(SCC(=O)NC3CCCC3)nc2c1. The van der Waals surface area contributed by atoms with Crippen molar-refractivity contribution in [3.05, 3.63) is 35.4 Å². The number of nitrogens with zero attached hydrogens (tertiary/aromatic N) is 2. The highest BCUT2D eigenvalue weighted by molar-refractivity contribution is 8.00. The van der Waals surface area contributed by atoms with E-state index in [0.717, 1.165) is 29.3 Å². The van der Waals surface area contributed by atoms with Gasteiger partial charge in [-0.2, -0.15) is 5.26 Å². The molecular weight excluding hydrogens is 306 g/mol. The largest absolute Gasteiger partial charge is 0.353 e. The first-order chi connectivity index (χ1) is 11.2. The molecule has 118 valence electrons. The van der Waals surface area contributed by atoms with E-state index in [1.807, 2.05) is 31.2 Å². The Balaban J connectivity index is 1.73. The first-order valence-electron chi connectivity index (χ1n) is 7.89. The fourth-order valence-electron chi connectivity index (χ4n) is 2.92. The average Bonchev–Trinajstić information content (AvgIpc) is 3.04. The Morgan fingerprint density at radius 3 is 2.91 bits per heavy atom. The van der Waals surface area contributed by atoms with Crippen LogP contribution >= 0.6 is 11.8 Å². The summed E-state index contributed by atoms with van der Waals surface area (Å²) in [7, 11) is 0. The number of hydrogen-bond donors (Lipinski definition) is 1. The summed E-state index contributed by atoms with van der Waals surface area (Å²) in [5, 5.41) is 14.0. The van der Waals surface area contributed by atoms with Crippen LogP contribution in [-0.2, 0) is 4.79 Å². The lowest BCUT2D eigenvalue weighted by Crippen LogP contribution is -2.33. The van der Waals surface area contributed by atoms with Crippen LogP contribution in [0.3, 0.4) is 0 Å². The van der Waals surface area contributed by atoms with E-state index in [1.54, 1.807) is 0 Å². The number of rotatable bonds is 4. The molecule has 5 heteroatoms. The number of amides is 1. The lowest BCUT2D eigenvalue weighted by molar-refractivity contribution is -0.119. The Bertz CT molecular complexity index is 776. The van der Waals surface area contributed by atoms with E-state index >= 15 is 0 Å². The third-order valence-corrected chi connectivity index (χ3v) is 5.11. The van der Waals surface area contributed by atoms with Crippen molar-refractivity contribution in [2.24, 2.45) is 0 Å². The summed E-state index contributed by atoms with van der Waals surface area (Å²) in [6.07, 6.45) is 4.55. The maximum absolute atomic E-state index is 12.0. The van der Waals surface area contributed by atoms with E-state index in [1.165, 1.54) is 24.6 Å². The van der Waals surface area contributed by atoms with E-state index in [-0.39, 0.29) is 5.91 Å². The molecule has 3 rings (SSSR count). The minimum atomic E-state index is 0.0249. The fourth-order valence-corrected chi connectivity index (χ4v) is 3.70. The highest BCUT2D eigenvalue weighted by Gasteiger charge is 2.17. The number of carbonyl (C=O) groups is 1. The molecule has 1 aliphatic carbocycles. The fraction of sp³-hybridized carbons (Fsp3) is 0.389. The Hall–Kier alpha value is -2.06. The van der Waals surface area contributed by atoms with Crippen LogP contribution < -0.4 is 5.32 Å². The molecule has 1 saturated carbocycles. The zero-order valence-corrected chi connectivity index (χ0v) is 13.9. The van der Waals surface area contributed by atoms with Crippen molar-refractivity contribution in [1.29, 1.82) is 5.26 Å². The molecule has 1 aliphatic rings. The summed E-state index contributed by atoms with van der Waals surface area (Å²) in [5.74, 6) is 0.326. The quantitative estimate of drug-likeness (QED) is 0.873. The van der Waals surface area contributed by atoms with Crippen LogP contribution in [0.5, 0.6) is 0 Å². The molecule has 0 radical (unpaired) electrons. The van der Waals surface area contributed by atoms with Gasteiger partial charge < -0.3 is 5.32 Å². The number of nitrogens with one attached hydrogen (secondary N) is 1. The number of nitriles is 1. The molecule has 0 spiro atoms. The minimum absolute atomic E-state index is 0.0249. The number of carbonyl (C=O) groups excluding carboxylic acids is 1. The molecule has 0 aliphatic heterocycles. The van der Waals surface area contributed by atoms with Crippen molar-refractivity contribution in [3.63, 3.8) is 0 Å². The van der Waals surface area contributed by atoms with Gasteiger partial charge in [-0.25, -0.2) is 4.98 Å². The van der Waals surface area contributed by atoms with Gasteiger partial charge in [-0.05, 0) is 37.5 Å². The van der Waals surface area contributed by atoms with E-state index in [9.17, 15) is 10.1 Å². The smallest absolute Gasteiger partial charge is 0.230 e. The number of aryl methyl sites for hydroxylation is 1. The molecular formula is C18H19N3OS. The van der Waals surface area contributed by atoms with Crippen molar-refractivity contribution in [2.75, 3.05) is 5.75 Å². The highest BCUT2D eigenvalue weighted by Crippen LogP contribution is 2.25.